The molecule has 2 heterocycles. The standard InChI is InChI=1S/C16H19NO11S/c1-6(18)23-5-10-11(24-7(2)19)12(25-8(3)20)13(26-9(4)21)14(27-10)15-17-29-16(22)28-15/h10-14H,5H2,1-4H3/t10-,11-,12+,13-,14-/m1/s1. The zero-order chi connectivity index (χ0) is 21.7. The molecule has 0 saturated carbocycles. The van der Waals surface area contributed by atoms with Crippen molar-refractivity contribution in [1.29, 1.82) is 0 Å². The highest BCUT2D eigenvalue weighted by atomic mass is 32.1. The van der Waals surface area contributed by atoms with Gasteiger partial charge in [-0.1, -0.05) is 0 Å². The van der Waals surface area contributed by atoms with Crippen LogP contribution in [-0.2, 0) is 42.9 Å². The van der Waals surface area contributed by atoms with E-state index in [1.807, 2.05) is 0 Å². The maximum Gasteiger partial charge on any atom is 0.414 e. The third-order valence-corrected chi connectivity index (χ3v) is 4.14. The highest BCUT2D eigenvalue weighted by Gasteiger charge is 2.54. The minimum absolute atomic E-state index is 0.238. The summed E-state index contributed by atoms with van der Waals surface area (Å²) in [6.45, 7) is 4.09. The lowest BCUT2D eigenvalue weighted by atomic mass is 9.94. The molecule has 13 heteroatoms. The van der Waals surface area contributed by atoms with Crippen LogP contribution in [0.1, 0.15) is 39.7 Å². The highest BCUT2D eigenvalue weighted by molar-refractivity contribution is 7.02. The number of ether oxygens (including phenoxy) is 5. The second kappa shape index (κ2) is 9.60. The van der Waals surface area contributed by atoms with E-state index in [4.69, 9.17) is 28.1 Å². The van der Waals surface area contributed by atoms with Crippen molar-refractivity contribution in [2.75, 3.05) is 6.61 Å². The van der Waals surface area contributed by atoms with Crippen LogP contribution in [0.5, 0.6) is 0 Å². The van der Waals surface area contributed by atoms with E-state index in [1.165, 1.54) is 0 Å². The lowest BCUT2D eigenvalue weighted by Gasteiger charge is -2.43. The van der Waals surface area contributed by atoms with E-state index in [9.17, 15) is 24.0 Å². The van der Waals surface area contributed by atoms with Gasteiger partial charge in [-0.05, 0) is 0 Å². The number of nitrogens with zero attached hydrogens (tertiary/aromatic N) is 1. The minimum atomic E-state index is -1.36. The maximum absolute atomic E-state index is 11.7. The fourth-order valence-corrected chi connectivity index (χ4v) is 3.17. The van der Waals surface area contributed by atoms with Gasteiger partial charge in [0.05, 0.1) is 0 Å². The van der Waals surface area contributed by atoms with Gasteiger partial charge < -0.3 is 28.1 Å². The Bertz CT molecular complexity index is 831. The Morgan fingerprint density at radius 2 is 1.45 bits per heavy atom. The Morgan fingerprint density at radius 1 is 0.897 bits per heavy atom. The smallest absolute Gasteiger partial charge is 0.414 e. The van der Waals surface area contributed by atoms with Gasteiger partial charge in [-0.2, -0.15) is 0 Å². The summed E-state index contributed by atoms with van der Waals surface area (Å²) < 4.78 is 35.2. The molecule has 0 amide bonds. The monoisotopic (exact) mass is 433 g/mol. The summed E-state index contributed by atoms with van der Waals surface area (Å²) in [6, 6.07) is 0. The Morgan fingerprint density at radius 3 is 1.93 bits per heavy atom. The molecule has 1 saturated heterocycles. The molecule has 0 unspecified atom stereocenters. The second-order valence-corrected chi connectivity index (χ2v) is 6.69. The van der Waals surface area contributed by atoms with Crippen molar-refractivity contribution < 1.29 is 47.3 Å². The molecule has 2 rings (SSSR count). The number of rotatable bonds is 6. The van der Waals surface area contributed by atoms with Crippen LogP contribution in [0.3, 0.4) is 0 Å². The molecule has 0 aromatic carbocycles. The first-order valence-corrected chi connectivity index (χ1v) is 9.13. The number of carbonyl (C=O) groups excluding carboxylic acids is 4. The van der Waals surface area contributed by atoms with E-state index in [0.29, 0.717) is 11.5 Å². The van der Waals surface area contributed by atoms with Crippen LogP contribution in [-0.4, -0.2) is 59.3 Å². The van der Waals surface area contributed by atoms with E-state index >= 15 is 0 Å². The van der Waals surface area contributed by atoms with Crippen molar-refractivity contribution in [1.82, 2.24) is 4.37 Å². The van der Waals surface area contributed by atoms with Gasteiger partial charge in [-0.15, -0.1) is 4.37 Å². The Hall–Kier alpha value is -2.80. The molecule has 1 fully saturated rings. The van der Waals surface area contributed by atoms with Crippen LogP contribution < -0.4 is 4.94 Å². The van der Waals surface area contributed by atoms with Crippen molar-refractivity contribution in [2.45, 2.75) is 58.2 Å². The Kier molecular flexibility index (Phi) is 7.45. The molecule has 1 aromatic rings. The van der Waals surface area contributed by atoms with Gasteiger partial charge in [0.25, 0.3) is 0 Å². The third kappa shape index (κ3) is 6.09. The van der Waals surface area contributed by atoms with Gasteiger partial charge in [0.15, 0.2) is 24.4 Å². The van der Waals surface area contributed by atoms with Crippen LogP contribution in [0.4, 0.5) is 0 Å². The molecule has 29 heavy (non-hydrogen) atoms. The predicted octanol–water partition coefficient (Wildman–Crippen LogP) is -0.106. The van der Waals surface area contributed by atoms with Crippen LogP contribution in [0, 0.1) is 0 Å². The summed E-state index contributed by atoms with van der Waals surface area (Å²) in [4.78, 5) is 56.8. The molecule has 1 aliphatic rings. The first-order valence-electron chi connectivity index (χ1n) is 8.35. The van der Waals surface area contributed by atoms with Gasteiger partial charge in [-0.25, -0.2) is 4.79 Å². The first kappa shape index (κ1) is 22.5. The molecule has 1 aromatic heterocycles. The summed E-state index contributed by atoms with van der Waals surface area (Å²) in [7, 11) is 0. The fourth-order valence-electron chi connectivity index (χ4n) is 2.74. The number of hydrogen-bond acceptors (Lipinski definition) is 13. The summed E-state index contributed by atoms with van der Waals surface area (Å²) in [5.74, 6) is -3.16. The number of carbonyl (C=O) groups is 4. The molecule has 5 atom stereocenters. The number of esters is 4. The summed E-state index contributed by atoms with van der Waals surface area (Å²) in [5.41, 5.74) is 0. The minimum Gasteiger partial charge on any atom is -0.463 e. The van der Waals surface area contributed by atoms with Gasteiger partial charge in [-0.3, -0.25) is 19.2 Å². The van der Waals surface area contributed by atoms with Gasteiger partial charge in [0.2, 0.25) is 5.89 Å². The van der Waals surface area contributed by atoms with Crippen LogP contribution in [0.2, 0.25) is 0 Å². The van der Waals surface area contributed by atoms with E-state index in [2.05, 4.69) is 4.37 Å². The number of hydrogen-bond donors (Lipinski definition) is 0. The molecule has 0 spiro atoms. The van der Waals surface area contributed by atoms with Gasteiger partial charge in [0.1, 0.15) is 12.7 Å². The normalized spacial score (nSPS) is 26.3. The fraction of sp³-hybridized carbons (Fsp3) is 0.625. The average Bonchev–Trinajstić information content (AvgIpc) is 3.01. The Labute approximate surface area is 168 Å². The van der Waals surface area contributed by atoms with E-state index in [1.54, 1.807) is 0 Å². The zero-order valence-electron chi connectivity index (χ0n) is 15.9. The first-order chi connectivity index (χ1) is 13.6. The van der Waals surface area contributed by atoms with Crippen molar-refractivity contribution in [2.24, 2.45) is 0 Å². The molecule has 0 aliphatic carbocycles. The Balaban J connectivity index is 2.50. The van der Waals surface area contributed by atoms with E-state index in [0.717, 1.165) is 27.7 Å². The molecular weight excluding hydrogens is 414 g/mol. The lowest BCUT2D eigenvalue weighted by molar-refractivity contribution is -0.257. The van der Waals surface area contributed by atoms with Crippen molar-refractivity contribution in [3.05, 3.63) is 15.6 Å². The largest absolute Gasteiger partial charge is 0.463 e. The van der Waals surface area contributed by atoms with Crippen LogP contribution in [0.15, 0.2) is 9.21 Å². The molecule has 0 N–H and O–H groups in total. The topological polar surface area (TPSA) is 158 Å². The second-order valence-electron chi connectivity index (χ2n) is 5.99. The lowest BCUT2D eigenvalue weighted by Crippen LogP contribution is -2.59. The molecule has 1 aliphatic heterocycles. The SMILES string of the molecule is CC(=O)OC[C@H]1O[C@@H](c2nsc(=O)o2)[C@H](OC(C)=O)[C@@H](OC(C)=O)[C@@H]1OC(C)=O. The van der Waals surface area contributed by atoms with Crippen molar-refractivity contribution in [3.63, 3.8) is 0 Å². The molecule has 12 nitrogen and oxygen atoms in total. The van der Waals surface area contributed by atoms with E-state index in [-0.39, 0.29) is 12.5 Å². The summed E-state index contributed by atoms with van der Waals surface area (Å²) in [6.07, 6.45) is -6.45. The van der Waals surface area contributed by atoms with Crippen molar-refractivity contribution >= 4 is 35.4 Å². The van der Waals surface area contributed by atoms with Crippen molar-refractivity contribution in [3.8, 4) is 0 Å². The summed E-state index contributed by atoms with van der Waals surface area (Å²) >= 11 is 0.494. The predicted molar refractivity (Wildman–Crippen MR) is 91.6 cm³/mol. The van der Waals surface area contributed by atoms with Gasteiger partial charge >= 0.3 is 28.8 Å². The molecule has 0 radical (unpaired) electrons. The molecule has 160 valence electrons. The van der Waals surface area contributed by atoms with Crippen LogP contribution in [0.25, 0.3) is 0 Å². The number of aromatic nitrogens is 1. The van der Waals surface area contributed by atoms with E-state index < -0.39 is 59.3 Å². The summed E-state index contributed by atoms with van der Waals surface area (Å²) in [5, 5.41) is 0. The third-order valence-electron chi connectivity index (χ3n) is 3.63. The molecule has 0 bridgehead atoms. The zero-order valence-corrected chi connectivity index (χ0v) is 16.8. The molecular formula is C16H19NO11S. The highest BCUT2D eigenvalue weighted by Crippen LogP contribution is 2.36. The quantitative estimate of drug-likeness (QED) is 0.434. The average molecular weight is 433 g/mol. The maximum atomic E-state index is 11.7. The van der Waals surface area contributed by atoms with Crippen LogP contribution >= 0.6 is 11.5 Å². The van der Waals surface area contributed by atoms with Gasteiger partial charge in [0, 0.05) is 39.2 Å².